The van der Waals surface area contributed by atoms with E-state index in [4.69, 9.17) is 4.74 Å². The number of halogens is 4. The molecule has 1 aromatic rings. The van der Waals surface area contributed by atoms with Crippen LogP contribution in [0.4, 0.5) is 8.78 Å². The third-order valence-corrected chi connectivity index (χ3v) is 4.68. The first kappa shape index (κ1) is 21.4. The van der Waals surface area contributed by atoms with Crippen LogP contribution in [0.15, 0.2) is 12.1 Å². The zero-order chi connectivity index (χ0) is 15.5. The second-order valence-electron chi connectivity index (χ2n) is 5.98. The van der Waals surface area contributed by atoms with Gasteiger partial charge in [0.1, 0.15) is 0 Å². The van der Waals surface area contributed by atoms with E-state index < -0.39 is 17.4 Å². The van der Waals surface area contributed by atoms with Gasteiger partial charge in [-0.1, -0.05) is 6.07 Å². The second kappa shape index (κ2) is 9.73. The Morgan fingerprint density at radius 3 is 2.38 bits per heavy atom. The standard InChI is InChI=1S/C16H22F2N2O2.2ClH/c17-13-2-1-12(16(21)14(13)18)15(11-3-9-22-10-4-11)20-7-5-19-6-8-20;;/h1-2,11,15,19,21H,3-10H2;2*1H/t15-;;/m0../s1. The van der Waals surface area contributed by atoms with Crippen molar-refractivity contribution in [2.45, 2.75) is 18.9 Å². The number of nitrogens with zero attached hydrogens (tertiary/aromatic N) is 1. The summed E-state index contributed by atoms with van der Waals surface area (Å²) in [5.41, 5.74) is 0.493. The molecule has 2 fully saturated rings. The van der Waals surface area contributed by atoms with Gasteiger partial charge in [0.15, 0.2) is 11.6 Å². The molecule has 4 nitrogen and oxygen atoms in total. The molecule has 0 aromatic heterocycles. The van der Waals surface area contributed by atoms with Crippen molar-refractivity contribution in [1.29, 1.82) is 0 Å². The Bertz CT molecular complexity index is 507. The van der Waals surface area contributed by atoms with Crippen LogP contribution in [0.1, 0.15) is 24.4 Å². The monoisotopic (exact) mass is 384 g/mol. The molecule has 0 unspecified atom stereocenters. The van der Waals surface area contributed by atoms with E-state index in [2.05, 4.69) is 10.2 Å². The summed E-state index contributed by atoms with van der Waals surface area (Å²) in [5, 5.41) is 13.4. The molecule has 1 atom stereocenters. The van der Waals surface area contributed by atoms with E-state index in [-0.39, 0.29) is 36.8 Å². The zero-order valence-electron chi connectivity index (χ0n) is 13.3. The van der Waals surface area contributed by atoms with E-state index >= 15 is 0 Å². The van der Waals surface area contributed by atoms with Gasteiger partial charge in [-0.2, -0.15) is 4.39 Å². The maximum atomic E-state index is 13.8. The van der Waals surface area contributed by atoms with Gasteiger partial charge in [-0.15, -0.1) is 24.8 Å². The van der Waals surface area contributed by atoms with E-state index in [0.717, 1.165) is 45.1 Å². The minimum atomic E-state index is -1.15. The number of hydrogen-bond donors (Lipinski definition) is 2. The van der Waals surface area contributed by atoms with Gasteiger partial charge in [-0.05, 0) is 24.8 Å². The maximum absolute atomic E-state index is 13.8. The minimum absolute atomic E-state index is 0. The summed E-state index contributed by atoms with van der Waals surface area (Å²) in [6, 6.07) is 2.54. The number of nitrogens with one attached hydrogen (secondary N) is 1. The molecule has 2 N–H and O–H groups in total. The molecule has 8 heteroatoms. The van der Waals surface area contributed by atoms with Crippen LogP contribution in [-0.2, 0) is 4.74 Å². The van der Waals surface area contributed by atoms with E-state index in [1.165, 1.54) is 6.07 Å². The zero-order valence-corrected chi connectivity index (χ0v) is 15.0. The summed E-state index contributed by atoms with van der Waals surface area (Å²) < 4.78 is 32.6. The number of rotatable bonds is 3. The molecule has 0 saturated carbocycles. The maximum Gasteiger partial charge on any atom is 0.200 e. The molecule has 1 aromatic carbocycles. The molecule has 24 heavy (non-hydrogen) atoms. The molecule has 0 amide bonds. The first-order chi connectivity index (χ1) is 10.7. The third-order valence-electron chi connectivity index (χ3n) is 4.68. The van der Waals surface area contributed by atoms with Gasteiger partial charge in [0.05, 0.1) is 0 Å². The summed E-state index contributed by atoms with van der Waals surface area (Å²) in [6.45, 7) is 4.75. The fraction of sp³-hybridized carbons (Fsp3) is 0.625. The quantitative estimate of drug-likeness (QED) is 0.840. The molecule has 2 aliphatic rings. The van der Waals surface area contributed by atoms with Crippen LogP contribution in [0.5, 0.6) is 5.75 Å². The van der Waals surface area contributed by atoms with Gasteiger partial charge in [0, 0.05) is 51.0 Å². The van der Waals surface area contributed by atoms with Crippen molar-refractivity contribution >= 4 is 24.8 Å². The highest BCUT2D eigenvalue weighted by Gasteiger charge is 2.34. The van der Waals surface area contributed by atoms with Crippen LogP contribution in [0.2, 0.25) is 0 Å². The molecular weight excluding hydrogens is 361 g/mol. The van der Waals surface area contributed by atoms with Gasteiger partial charge in [0.2, 0.25) is 5.82 Å². The highest BCUT2D eigenvalue weighted by Crippen LogP contribution is 2.40. The van der Waals surface area contributed by atoms with Crippen molar-refractivity contribution in [3.05, 3.63) is 29.3 Å². The lowest BCUT2D eigenvalue weighted by molar-refractivity contribution is 0.0204. The van der Waals surface area contributed by atoms with Gasteiger partial charge >= 0.3 is 0 Å². The molecule has 138 valence electrons. The predicted octanol–water partition coefficient (Wildman–Crippen LogP) is 2.89. The number of hydrogen-bond acceptors (Lipinski definition) is 4. The molecule has 0 aliphatic carbocycles. The summed E-state index contributed by atoms with van der Waals surface area (Å²) in [4.78, 5) is 2.26. The second-order valence-corrected chi connectivity index (χ2v) is 5.98. The smallest absolute Gasteiger partial charge is 0.200 e. The number of aromatic hydroxyl groups is 1. The van der Waals surface area contributed by atoms with E-state index in [1.54, 1.807) is 0 Å². The SMILES string of the molecule is Cl.Cl.Oc1c([C@H](C2CCOCC2)N2CCNCC2)ccc(F)c1F. The van der Waals surface area contributed by atoms with Crippen molar-refractivity contribution in [3.63, 3.8) is 0 Å². The van der Waals surface area contributed by atoms with Gasteiger partial charge in [-0.3, -0.25) is 4.90 Å². The van der Waals surface area contributed by atoms with Gasteiger partial charge < -0.3 is 15.2 Å². The van der Waals surface area contributed by atoms with Crippen LogP contribution >= 0.6 is 24.8 Å². The van der Waals surface area contributed by atoms with Crippen molar-refractivity contribution in [2.75, 3.05) is 39.4 Å². The number of piperazine rings is 1. The average molecular weight is 385 g/mol. The fourth-order valence-corrected chi connectivity index (χ4v) is 3.53. The Hall–Kier alpha value is -0.660. The number of phenols is 1. The van der Waals surface area contributed by atoms with Crippen molar-refractivity contribution in [3.8, 4) is 5.75 Å². The highest BCUT2D eigenvalue weighted by molar-refractivity contribution is 5.85. The van der Waals surface area contributed by atoms with Crippen LogP contribution in [-0.4, -0.2) is 49.4 Å². The number of benzene rings is 1. The van der Waals surface area contributed by atoms with E-state index in [1.807, 2.05) is 0 Å². The Labute approximate surface area is 153 Å². The summed E-state index contributed by atoms with van der Waals surface area (Å²) in [6.07, 6.45) is 1.74. The summed E-state index contributed by atoms with van der Waals surface area (Å²) >= 11 is 0. The first-order valence-corrected chi connectivity index (χ1v) is 7.88. The number of ether oxygens (including phenoxy) is 1. The molecule has 0 bridgehead atoms. The average Bonchev–Trinajstić information content (AvgIpc) is 2.57. The lowest BCUT2D eigenvalue weighted by Crippen LogP contribution is -2.47. The third kappa shape index (κ3) is 4.49. The lowest BCUT2D eigenvalue weighted by Gasteiger charge is -2.41. The van der Waals surface area contributed by atoms with Crippen molar-refractivity contribution < 1.29 is 18.6 Å². The Morgan fingerprint density at radius 2 is 1.75 bits per heavy atom. The van der Waals surface area contributed by atoms with Gasteiger partial charge in [0.25, 0.3) is 0 Å². The molecule has 2 heterocycles. The van der Waals surface area contributed by atoms with Crippen molar-refractivity contribution in [1.82, 2.24) is 10.2 Å². The number of phenolic OH excluding ortho intramolecular Hbond substituents is 1. The molecule has 2 aliphatic heterocycles. The minimum Gasteiger partial charge on any atom is -0.505 e. The fourth-order valence-electron chi connectivity index (χ4n) is 3.53. The molecule has 0 radical (unpaired) electrons. The van der Waals surface area contributed by atoms with E-state index in [9.17, 15) is 13.9 Å². The van der Waals surface area contributed by atoms with Gasteiger partial charge in [-0.25, -0.2) is 4.39 Å². The normalized spacial score (nSPS) is 20.8. The van der Waals surface area contributed by atoms with Crippen LogP contribution in [0, 0.1) is 17.6 Å². The molecular formula is C16H24Cl2F2N2O2. The summed E-state index contributed by atoms with van der Waals surface area (Å²) in [5.74, 6) is -2.42. The Kier molecular flexibility index (Phi) is 8.67. The van der Waals surface area contributed by atoms with Crippen LogP contribution < -0.4 is 5.32 Å². The Morgan fingerprint density at radius 1 is 1.12 bits per heavy atom. The molecule has 0 spiro atoms. The lowest BCUT2D eigenvalue weighted by atomic mass is 9.85. The molecule has 2 saturated heterocycles. The highest BCUT2D eigenvalue weighted by atomic mass is 35.5. The largest absolute Gasteiger partial charge is 0.505 e. The van der Waals surface area contributed by atoms with Crippen LogP contribution in [0.25, 0.3) is 0 Å². The molecule has 3 rings (SSSR count). The van der Waals surface area contributed by atoms with Crippen LogP contribution in [0.3, 0.4) is 0 Å². The topological polar surface area (TPSA) is 44.7 Å². The Balaban J connectivity index is 0.00000144. The summed E-state index contributed by atoms with van der Waals surface area (Å²) in [7, 11) is 0. The predicted molar refractivity (Wildman–Crippen MR) is 93.2 cm³/mol. The van der Waals surface area contributed by atoms with Crippen molar-refractivity contribution in [2.24, 2.45) is 5.92 Å². The van der Waals surface area contributed by atoms with E-state index in [0.29, 0.717) is 18.8 Å². The first-order valence-electron chi connectivity index (χ1n) is 7.88.